The van der Waals surface area contributed by atoms with E-state index in [0.29, 0.717) is 24.4 Å². The van der Waals surface area contributed by atoms with Crippen LogP contribution in [0.15, 0.2) is 71.3 Å². The molecule has 2 amide bonds. The standard InChI is InChI=1S/C23H23F2N3O4/c1-26-22(30)17-10-8-16(9-11-17)13-28(14-18-5-4-12-31-18)15-21(29)27-19-6-2-3-7-20(19)32-23(24)25/h2-12,23H,13-15H2,1H3,(H,26,30)(H,27,29). The number of nitrogens with one attached hydrogen (secondary N) is 2. The van der Waals surface area contributed by atoms with Crippen molar-refractivity contribution in [2.24, 2.45) is 0 Å². The van der Waals surface area contributed by atoms with Crippen LogP contribution in [0.4, 0.5) is 14.5 Å². The molecule has 0 spiro atoms. The Morgan fingerprint density at radius 3 is 2.44 bits per heavy atom. The third-order valence-corrected chi connectivity index (χ3v) is 4.55. The van der Waals surface area contributed by atoms with Gasteiger partial charge < -0.3 is 19.8 Å². The minimum atomic E-state index is -3.00. The molecule has 1 heterocycles. The van der Waals surface area contributed by atoms with E-state index in [1.807, 2.05) is 17.0 Å². The zero-order valence-electron chi connectivity index (χ0n) is 17.4. The van der Waals surface area contributed by atoms with E-state index in [9.17, 15) is 18.4 Å². The molecule has 2 aromatic carbocycles. The van der Waals surface area contributed by atoms with E-state index >= 15 is 0 Å². The van der Waals surface area contributed by atoms with Gasteiger partial charge in [0.15, 0.2) is 0 Å². The summed E-state index contributed by atoms with van der Waals surface area (Å²) in [5.74, 6) is -0.0312. The molecule has 0 saturated heterocycles. The zero-order chi connectivity index (χ0) is 22.9. The highest BCUT2D eigenvalue weighted by molar-refractivity contribution is 5.94. The maximum atomic E-state index is 12.7. The van der Waals surface area contributed by atoms with Crippen molar-refractivity contribution in [3.8, 4) is 5.75 Å². The monoisotopic (exact) mass is 443 g/mol. The van der Waals surface area contributed by atoms with Gasteiger partial charge >= 0.3 is 6.61 Å². The van der Waals surface area contributed by atoms with Gasteiger partial charge in [-0.25, -0.2) is 0 Å². The van der Waals surface area contributed by atoms with Gasteiger partial charge in [-0.3, -0.25) is 14.5 Å². The Hall–Kier alpha value is -3.72. The van der Waals surface area contributed by atoms with Crippen LogP contribution in [-0.2, 0) is 17.9 Å². The number of benzene rings is 2. The molecule has 0 aliphatic carbocycles. The topological polar surface area (TPSA) is 83.8 Å². The number of rotatable bonds is 10. The molecule has 2 N–H and O–H groups in total. The van der Waals surface area contributed by atoms with Crippen LogP contribution in [-0.4, -0.2) is 36.9 Å². The molecule has 0 radical (unpaired) electrons. The molecular formula is C23H23F2N3O4. The lowest BCUT2D eigenvalue weighted by atomic mass is 10.1. The summed E-state index contributed by atoms with van der Waals surface area (Å²) in [5, 5.41) is 5.19. The molecule has 1 aromatic heterocycles. The van der Waals surface area contributed by atoms with Gasteiger partial charge in [0, 0.05) is 19.2 Å². The minimum absolute atomic E-state index is 0.0269. The first-order chi connectivity index (χ1) is 15.4. The second kappa shape index (κ2) is 11.1. The number of furan rings is 1. The van der Waals surface area contributed by atoms with Crippen molar-refractivity contribution in [1.82, 2.24) is 10.2 Å². The van der Waals surface area contributed by atoms with Gasteiger partial charge in [0.2, 0.25) is 5.91 Å². The second-order valence-corrected chi connectivity index (χ2v) is 6.92. The number of alkyl halides is 2. The number of ether oxygens (including phenoxy) is 1. The van der Waals surface area contributed by atoms with Gasteiger partial charge in [-0.15, -0.1) is 0 Å². The van der Waals surface area contributed by atoms with Crippen molar-refractivity contribution < 1.29 is 27.5 Å². The Morgan fingerprint density at radius 2 is 1.78 bits per heavy atom. The third-order valence-electron chi connectivity index (χ3n) is 4.55. The number of anilines is 1. The van der Waals surface area contributed by atoms with Crippen LogP contribution in [0.2, 0.25) is 0 Å². The Labute approximate surface area is 184 Å². The molecule has 9 heteroatoms. The minimum Gasteiger partial charge on any atom is -0.468 e. The van der Waals surface area contributed by atoms with E-state index in [1.54, 1.807) is 49.7 Å². The van der Waals surface area contributed by atoms with E-state index in [-0.39, 0.29) is 23.9 Å². The average molecular weight is 443 g/mol. The molecule has 3 aromatic rings. The molecule has 0 aliphatic rings. The normalized spacial score (nSPS) is 10.9. The zero-order valence-corrected chi connectivity index (χ0v) is 17.4. The maximum Gasteiger partial charge on any atom is 0.387 e. The smallest absolute Gasteiger partial charge is 0.387 e. The number of para-hydroxylation sites is 2. The Bertz CT molecular complexity index is 1020. The molecule has 0 unspecified atom stereocenters. The molecular weight excluding hydrogens is 420 g/mol. The molecule has 0 aliphatic heterocycles. The van der Waals surface area contributed by atoms with Gasteiger partial charge in [0.1, 0.15) is 11.5 Å². The first kappa shape index (κ1) is 23.0. The summed E-state index contributed by atoms with van der Waals surface area (Å²) in [7, 11) is 1.56. The summed E-state index contributed by atoms with van der Waals surface area (Å²) in [4.78, 5) is 26.2. The van der Waals surface area contributed by atoms with Crippen molar-refractivity contribution >= 4 is 17.5 Å². The Balaban J connectivity index is 1.70. The molecule has 3 rings (SSSR count). The summed E-state index contributed by atoms with van der Waals surface area (Å²) in [6, 6.07) is 16.6. The fourth-order valence-corrected chi connectivity index (χ4v) is 3.12. The molecule has 7 nitrogen and oxygen atoms in total. The first-order valence-corrected chi connectivity index (χ1v) is 9.84. The fraction of sp³-hybridized carbons (Fsp3) is 0.217. The summed E-state index contributed by atoms with van der Waals surface area (Å²) in [6.07, 6.45) is 1.55. The number of nitrogens with zero attached hydrogens (tertiary/aromatic N) is 1. The average Bonchev–Trinajstić information content (AvgIpc) is 3.27. The van der Waals surface area contributed by atoms with Crippen molar-refractivity contribution in [1.29, 1.82) is 0 Å². The number of carbonyl (C=O) groups is 2. The van der Waals surface area contributed by atoms with Crippen LogP contribution in [0, 0.1) is 0 Å². The van der Waals surface area contributed by atoms with Crippen LogP contribution < -0.4 is 15.4 Å². The SMILES string of the molecule is CNC(=O)c1ccc(CN(CC(=O)Nc2ccccc2OC(F)F)Cc2ccco2)cc1. The highest BCUT2D eigenvalue weighted by atomic mass is 19.3. The number of amides is 2. The highest BCUT2D eigenvalue weighted by Crippen LogP contribution is 2.25. The molecule has 0 fully saturated rings. The van der Waals surface area contributed by atoms with Gasteiger partial charge in [0.25, 0.3) is 5.91 Å². The summed E-state index contributed by atoms with van der Waals surface area (Å²) in [5.41, 5.74) is 1.58. The van der Waals surface area contributed by atoms with Crippen LogP contribution in [0.25, 0.3) is 0 Å². The Morgan fingerprint density at radius 1 is 1.03 bits per heavy atom. The number of carbonyl (C=O) groups excluding carboxylic acids is 2. The van der Waals surface area contributed by atoms with Crippen LogP contribution in [0.1, 0.15) is 21.7 Å². The quantitative estimate of drug-likeness (QED) is 0.497. The maximum absolute atomic E-state index is 12.7. The lowest BCUT2D eigenvalue weighted by Gasteiger charge is -2.21. The highest BCUT2D eigenvalue weighted by Gasteiger charge is 2.16. The lowest BCUT2D eigenvalue weighted by molar-refractivity contribution is -0.117. The fourth-order valence-electron chi connectivity index (χ4n) is 3.12. The van der Waals surface area contributed by atoms with Crippen LogP contribution in [0.5, 0.6) is 5.75 Å². The molecule has 168 valence electrons. The van der Waals surface area contributed by atoms with Gasteiger partial charge in [-0.05, 0) is 42.0 Å². The summed E-state index contributed by atoms with van der Waals surface area (Å²) >= 11 is 0. The summed E-state index contributed by atoms with van der Waals surface area (Å²) < 4.78 is 35.1. The Kier molecular flexibility index (Phi) is 7.93. The molecule has 0 atom stereocenters. The second-order valence-electron chi connectivity index (χ2n) is 6.92. The van der Waals surface area contributed by atoms with Gasteiger partial charge in [-0.1, -0.05) is 24.3 Å². The molecule has 0 saturated carbocycles. The van der Waals surface area contributed by atoms with Crippen molar-refractivity contribution in [2.75, 3.05) is 18.9 Å². The number of hydrogen-bond acceptors (Lipinski definition) is 5. The van der Waals surface area contributed by atoms with Crippen molar-refractivity contribution in [2.45, 2.75) is 19.7 Å². The first-order valence-electron chi connectivity index (χ1n) is 9.84. The van der Waals surface area contributed by atoms with E-state index in [4.69, 9.17) is 4.42 Å². The predicted molar refractivity (Wildman–Crippen MR) is 114 cm³/mol. The van der Waals surface area contributed by atoms with E-state index in [2.05, 4.69) is 15.4 Å². The van der Waals surface area contributed by atoms with E-state index in [1.165, 1.54) is 12.1 Å². The molecule has 0 bridgehead atoms. The van der Waals surface area contributed by atoms with Crippen LogP contribution in [0.3, 0.4) is 0 Å². The van der Waals surface area contributed by atoms with Gasteiger partial charge in [0.05, 0.1) is 25.0 Å². The number of hydrogen-bond donors (Lipinski definition) is 2. The van der Waals surface area contributed by atoms with E-state index in [0.717, 1.165) is 5.56 Å². The largest absolute Gasteiger partial charge is 0.468 e. The summed E-state index contributed by atoms with van der Waals surface area (Å²) in [6.45, 7) is -2.27. The van der Waals surface area contributed by atoms with E-state index < -0.39 is 12.5 Å². The third kappa shape index (κ3) is 6.64. The predicted octanol–water partition coefficient (Wildman–Crippen LogP) is 3.88. The lowest BCUT2D eigenvalue weighted by Crippen LogP contribution is -2.32. The van der Waals surface area contributed by atoms with Gasteiger partial charge in [-0.2, -0.15) is 8.78 Å². The van der Waals surface area contributed by atoms with Crippen molar-refractivity contribution in [3.63, 3.8) is 0 Å². The molecule has 32 heavy (non-hydrogen) atoms. The van der Waals surface area contributed by atoms with Crippen LogP contribution >= 0.6 is 0 Å². The van der Waals surface area contributed by atoms with Crippen molar-refractivity contribution in [3.05, 3.63) is 83.8 Å². The number of halogens is 2.